The van der Waals surface area contributed by atoms with Crippen LogP contribution in [0.15, 0.2) is 0 Å². The third kappa shape index (κ3) is 42.8. The Morgan fingerprint density at radius 2 is 0.795 bits per heavy atom. The summed E-state index contributed by atoms with van der Waals surface area (Å²) in [6.45, 7) is 3.52. The fraction of sp³-hybridized carbons (Fsp3) is 0.983. The molecular weight excluding hydrogens is 943 g/mol. The van der Waals surface area contributed by atoms with Gasteiger partial charge in [0, 0.05) is 6.42 Å². The van der Waals surface area contributed by atoms with Crippen molar-refractivity contribution in [1.82, 2.24) is 5.32 Å². The number of aliphatic hydroxyl groups is 4. The lowest BCUT2D eigenvalue weighted by molar-refractivity contribution is -0.298. The van der Waals surface area contributed by atoms with Crippen LogP contribution in [0.3, 0.4) is 0 Å². The standard InChI is InChI=1S/C60H119NO11S/c1-3-5-7-9-11-13-15-17-19-21-23-25-27-28-29-31-33-35-37-39-41-43-45-47-49-54(63)53(52-70-60-58(66)59(72-73(67,68)69)57(65)55(51-62)71-60)61-56(64)50-48-46-44-42-40-38-36-34-32-30-26-24-22-20-18-16-14-12-10-8-6-4-2/h53-55,57-60,62-63,65-66H,3-52H2,1-2H3,(H,61,64)(H,67,68,69). The minimum absolute atomic E-state index is 0.221. The van der Waals surface area contributed by atoms with Crippen molar-refractivity contribution < 1.29 is 51.8 Å². The molecular formula is C60H119NO11S. The molecule has 0 bridgehead atoms. The highest BCUT2D eigenvalue weighted by molar-refractivity contribution is 7.80. The van der Waals surface area contributed by atoms with Gasteiger partial charge in [-0.2, -0.15) is 8.42 Å². The van der Waals surface area contributed by atoms with E-state index < -0.39 is 59.9 Å². The predicted molar refractivity (Wildman–Crippen MR) is 301 cm³/mol. The highest BCUT2D eigenvalue weighted by atomic mass is 32.3. The monoisotopic (exact) mass is 1060 g/mol. The molecule has 1 aliphatic rings. The molecule has 7 atom stereocenters. The van der Waals surface area contributed by atoms with Gasteiger partial charge in [-0.3, -0.25) is 9.35 Å². The van der Waals surface area contributed by atoms with Gasteiger partial charge in [0.2, 0.25) is 5.91 Å². The molecule has 0 radical (unpaired) electrons. The first kappa shape index (κ1) is 70.1. The summed E-state index contributed by atoms with van der Waals surface area (Å²) in [6.07, 6.45) is 51.1. The Kier molecular flexibility index (Phi) is 48.6. The SMILES string of the molecule is CCCCCCCCCCCCCCCCCCCCCCCCCCC(O)C(COC1OC(CO)C(O)C(OS(=O)(=O)O)C1O)NC(=O)CCCCCCCCCCCCCCCCCCCCCCCC. The molecule has 0 spiro atoms. The van der Waals surface area contributed by atoms with Crippen LogP contribution in [-0.2, 0) is 28.9 Å². The molecule has 1 saturated heterocycles. The van der Waals surface area contributed by atoms with E-state index in [1.54, 1.807) is 0 Å². The summed E-state index contributed by atoms with van der Waals surface area (Å²) in [5.74, 6) is -0.221. The Bertz CT molecular complexity index is 1290. The van der Waals surface area contributed by atoms with Crippen molar-refractivity contribution in [2.45, 2.75) is 365 Å². The second-order valence-electron chi connectivity index (χ2n) is 22.4. The van der Waals surface area contributed by atoms with E-state index in [2.05, 4.69) is 23.3 Å². The van der Waals surface area contributed by atoms with Crippen molar-refractivity contribution in [3.05, 3.63) is 0 Å². The molecule has 1 fully saturated rings. The average Bonchev–Trinajstić information content (AvgIpc) is 3.37. The van der Waals surface area contributed by atoms with Gasteiger partial charge in [-0.05, 0) is 12.8 Å². The lowest BCUT2D eigenvalue weighted by Crippen LogP contribution is -2.61. The van der Waals surface area contributed by atoms with Crippen LogP contribution in [0.25, 0.3) is 0 Å². The number of hydrogen-bond donors (Lipinski definition) is 6. The first-order valence-corrected chi connectivity index (χ1v) is 32.8. The van der Waals surface area contributed by atoms with E-state index in [-0.39, 0.29) is 12.5 Å². The van der Waals surface area contributed by atoms with Gasteiger partial charge in [-0.15, -0.1) is 0 Å². The highest BCUT2D eigenvalue weighted by Crippen LogP contribution is 2.26. The van der Waals surface area contributed by atoms with Crippen molar-refractivity contribution in [3.8, 4) is 0 Å². The molecule has 0 aromatic rings. The van der Waals surface area contributed by atoms with Crippen LogP contribution in [0.4, 0.5) is 0 Å². The van der Waals surface area contributed by atoms with Gasteiger partial charge in [-0.25, -0.2) is 4.18 Å². The number of aliphatic hydroxyl groups excluding tert-OH is 4. The molecule has 73 heavy (non-hydrogen) atoms. The molecule has 1 aliphatic heterocycles. The van der Waals surface area contributed by atoms with Crippen molar-refractivity contribution in [2.24, 2.45) is 0 Å². The van der Waals surface area contributed by atoms with E-state index in [0.717, 1.165) is 51.4 Å². The molecule has 7 unspecified atom stereocenters. The van der Waals surface area contributed by atoms with Crippen LogP contribution in [0, 0.1) is 0 Å². The third-order valence-electron chi connectivity index (χ3n) is 15.4. The summed E-state index contributed by atoms with van der Waals surface area (Å²) < 4.78 is 48.0. The molecule has 12 nitrogen and oxygen atoms in total. The molecule has 13 heteroatoms. The molecule has 1 heterocycles. The Balaban J connectivity index is 2.30. The molecule has 0 aromatic heterocycles. The number of hydrogen-bond acceptors (Lipinski definition) is 10. The topological polar surface area (TPSA) is 192 Å². The van der Waals surface area contributed by atoms with Crippen molar-refractivity contribution >= 4 is 16.3 Å². The average molecular weight is 1060 g/mol. The smallest absolute Gasteiger partial charge is 0.394 e. The normalized spacial score (nSPS) is 19.1. The number of ether oxygens (including phenoxy) is 2. The second-order valence-corrected chi connectivity index (χ2v) is 23.4. The van der Waals surface area contributed by atoms with Gasteiger partial charge >= 0.3 is 10.4 Å². The van der Waals surface area contributed by atoms with Gasteiger partial charge in [0.05, 0.1) is 25.4 Å². The number of carbonyl (C=O) groups is 1. The number of unbranched alkanes of at least 4 members (excludes halogenated alkanes) is 44. The molecule has 0 aliphatic carbocycles. The third-order valence-corrected chi connectivity index (χ3v) is 15.9. The Morgan fingerprint density at radius 3 is 1.10 bits per heavy atom. The lowest BCUT2D eigenvalue weighted by Gasteiger charge is -2.41. The molecule has 6 N–H and O–H groups in total. The van der Waals surface area contributed by atoms with Crippen LogP contribution < -0.4 is 5.32 Å². The van der Waals surface area contributed by atoms with Crippen molar-refractivity contribution in [2.75, 3.05) is 13.2 Å². The van der Waals surface area contributed by atoms with Gasteiger partial charge in [0.25, 0.3) is 0 Å². The van der Waals surface area contributed by atoms with Gasteiger partial charge in [0.15, 0.2) is 6.29 Å². The summed E-state index contributed by atoms with van der Waals surface area (Å²) in [7, 11) is -5.08. The molecule has 0 saturated carbocycles. The Labute approximate surface area is 449 Å². The van der Waals surface area contributed by atoms with E-state index in [4.69, 9.17) is 9.47 Å². The summed E-state index contributed by atoms with van der Waals surface area (Å²) in [5, 5.41) is 45.2. The zero-order valence-corrected chi connectivity index (χ0v) is 48.3. The number of rotatable bonds is 56. The van der Waals surface area contributed by atoms with Crippen molar-refractivity contribution in [3.63, 3.8) is 0 Å². The van der Waals surface area contributed by atoms with Gasteiger partial charge in [-0.1, -0.05) is 303 Å². The summed E-state index contributed by atoms with van der Waals surface area (Å²) in [6, 6.07) is -0.854. The number of carbonyl (C=O) groups excluding carboxylic acids is 1. The molecule has 1 amide bonds. The van der Waals surface area contributed by atoms with E-state index in [1.807, 2.05) is 0 Å². The lowest BCUT2D eigenvalue weighted by atomic mass is 9.99. The van der Waals surface area contributed by atoms with Crippen LogP contribution in [0.5, 0.6) is 0 Å². The van der Waals surface area contributed by atoms with Gasteiger partial charge < -0.3 is 35.2 Å². The number of amides is 1. The van der Waals surface area contributed by atoms with Crippen LogP contribution in [0.2, 0.25) is 0 Å². The minimum Gasteiger partial charge on any atom is -0.394 e. The number of nitrogens with one attached hydrogen (secondary N) is 1. The Morgan fingerprint density at radius 1 is 0.493 bits per heavy atom. The largest absolute Gasteiger partial charge is 0.397 e. The van der Waals surface area contributed by atoms with Gasteiger partial charge in [0.1, 0.15) is 24.4 Å². The molecule has 436 valence electrons. The van der Waals surface area contributed by atoms with Crippen molar-refractivity contribution in [1.29, 1.82) is 0 Å². The second kappa shape index (κ2) is 50.6. The van der Waals surface area contributed by atoms with Crippen LogP contribution >= 0.6 is 0 Å². The quantitative estimate of drug-likeness (QED) is 0.0251. The zero-order chi connectivity index (χ0) is 53.3. The summed E-state index contributed by atoms with van der Waals surface area (Å²) >= 11 is 0. The zero-order valence-electron chi connectivity index (χ0n) is 47.5. The maximum Gasteiger partial charge on any atom is 0.397 e. The van der Waals surface area contributed by atoms with E-state index in [9.17, 15) is 38.2 Å². The predicted octanol–water partition coefficient (Wildman–Crippen LogP) is 15.2. The highest BCUT2D eigenvalue weighted by Gasteiger charge is 2.48. The maximum atomic E-state index is 13.2. The van der Waals surface area contributed by atoms with Crippen LogP contribution in [0.1, 0.15) is 322 Å². The van der Waals surface area contributed by atoms with E-state index >= 15 is 0 Å². The molecule has 1 rings (SSSR count). The fourth-order valence-electron chi connectivity index (χ4n) is 10.6. The first-order valence-electron chi connectivity index (χ1n) is 31.4. The van der Waals surface area contributed by atoms with Crippen LogP contribution in [-0.4, -0.2) is 95.4 Å². The maximum absolute atomic E-state index is 13.2. The fourth-order valence-corrected chi connectivity index (χ4v) is 11.1. The minimum atomic E-state index is -5.08. The summed E-state index contributed by atoms with van der Waals surface area (Å²) in [4.78, 5) is 13.2. The summed E-state index contributed by atoms with van der Waals surface area (Å²) in [5.41, 5.74) is 0. The van der Waals surface area contributed by atoms with E-state index in [0.29, 0.717) is 12.8 Å². The van der Waals surface area contributed by atoms with E-state index in [1.165, 1.54) is 244 Å². The molecule has 0 aromatic carbocycles. The first-order chi connectivity index (χ1) is 35.5. The Hall–Kier alpha value is -0.900.